The van der Waals surface area contributed by atoms with Crippen LogP contribution in [-0.2, 0) is 0 Å². The Hall–Kier alpha value is -0.720. The molecule has 1 aliphatic heterocycles. The summed E-state index contributed by atoms with van der Waals surface area (Å²) in [6.45, 7) is 5.68. The van der Waals surface area contributed by atoms with Crippen LogP contribution >= 0.6 is 23.9 Å². The van der Waals surface area contributed by atoms with Crippen LogP contribution in [0.2, 0.25) is 0 Å². The van der Waals surface area contributed by atoms with Gasteiger partial charge in [-0.1, -0.05) is 4.49 Å². The molecular weight excluding hydrogens is 248 g/mol. The highest BCUT2D eigenvalue weighted by Crippen LogP contribution is 2.11. The predicted octanol–water partition coefficient (Wildman–Crippen LogP) is 0.782. The van der Waals surface area contributed by atoms with Crippen molar-refractivity contribution in [3.63, 3.8) is 0 Å². The second-order valence-corrected chi connectivity index (χ2v) is 4.52. The zero-order valence-corrected chi connectivity index (χ0v) is 10.8. The Bertz CT molecular complexity index is 345. The summed E-state index contributed by atoms with van der Waals surface area (Å²) in [5, 5.41) is 8.84. The predicted molar refractivity (Wildman–Crippen MR) is 65.1 cm³/mol. The number of carbonyl (C=O) groups excluding carboxylic acids is 1. The molecule has 2 atom stereocenters. The molecule has 2 unspecified atom stereocenters. The summed E-state index contributed by atoms with van der Waals surface area (Å²) in [6.07, 6.45) is 0. The van der Waals surface area contributed by atoms with Gasteiger partial charge in [-0.25, -0.2) is 0 Å². The molecule has 1 saturated heterocycles. The zero-order chi connectivity index (χ0) is 10.8. The van der Waals surface area contributed by atoms with E-state index < -0.39 is 0 Å². The molecule has 0 bridgehead atoms. The first-order valence-electron chi connectivity index (χ1n) is 5.00. The van der Waals surface area contributed by atoms with E-state index in [1.807, 2.05) is 11.8 Å². The molecule has 2 rings (SSSR count). The van der Waals surface area contributed by atoms with E-state index in [1.165, 1.54) is 11.5 Å². The smallest absolute Gasteiger partial charge is 0.275 e. The van der Waals surface area contributed by atoms with Crippen molar-refractivity contribution >= 4 is 29.8 Å². The van der Waals surface area contributed by atoms with Crippen molar-refractivity contribution in [3.05, 3.63) is 11.1 Å². The second-order valence-electron chi connectivity index (χ2n) is 3.91. The molecule has 1 aliphatic rings. The number of nitrogens with one attached hydrogen (secondary N) is 1. The first-order valence-corrected chi connectivity index (χ1v) is 5.83. The van der Waals surface area contributed by atoms with Crippen LogP contribution in [0.1, 0.15) is 24.3 Å². The Morgan fingerprint density at radius 1 is 1.62 bits per heavy atom. The average molecular weight is 263 g/mol. The monoisotopic (exact) mass is 262 g/mol. The van der Waals surface area contributed by atoms with Crippen LogP contribution in [-0.4, -0.2) is 45.6 Å². The maximum atomic E-state index is 12.0. The minimum Gasteiger partial charge on any atom is -0.332 e. The summed E-state index contributed by atoms with van der Waals surface area (Å²) < 4.78 is 3.71. The van der Waals surface area contributed by atoms with Crippen LogP contribution in [0.25, 0.3) is 0 Å². The van der Waals surface area contributed by atoms with Crippen molar-refractivity contribution in [1.29, 1.82) is 0 Å². The number of halogens is 1. The van der Waals surface area contributed by atoms with Gasteiger partial charge < -0.3 is 10.2 Å². The first-order chi connectivity index (χ1) is 7.18. The standard InChI is InChI=1S/C9H14N4OS.ClH/c1-6-4-13(7(2)3-10-6)9(14)8-5-15-12-11-8;/h5-7,10H,3-4H2,1-2H3;1H. The van der Waals surface area contributed by atoms with Crippen molar-refractivity contribution in [2.45, 2.75) is 25.9 Å². The number of piperazine rings is 1. The Balaban J connectivity index is 0.00000128. The largest absolute Gasteiger partial charge is 0.332 e. The fourth-order valence-corrected chi connectivity index (χ4v) is 2.14. The third-order valence-corrected chi connectivity index (χ3v) is 3.11. The summed E-state index contributed by atoms with van der Waals surface area (Å²) in [5.41, 5.74) is 0.459. The average Bonchev–Trinajstić information content (AvgIpc) is 2.74. The van der Waals surface area contributed by atoms with Crippen molar-refractivity contribution < 1.29 is 4.79 Å². The lowest BCUT2D eigenvalue weighted by atomic mass is 10.1. The Morgan fingerprint density at radius 3 is 3.00 bits per heavy atom. The van der Waals surface area contributed by atoms with Gasteiger partial charge in [0, 0.05) is 30.6 Å². The van der Waals surface area contributed by atoms with E-state index >= 15 is 0 Å². The van der Waals surface area contributed by atoms with Crippen LogP contribution in [0.4, 0.5) is 0 Å². The fourth-order valence-electron chi connectivity index (χ4n) is 1.71. The van der Waals surface area contributed by atoms with Crippen LogP contribution in [0.3, 0.4) is 0 Å². The molecular formula is C9H15ClN4OS. The molecule has 16 heavy (non-hydrogen) atoms. The second kappa shape index (κ2) is 5.56. The van der Waals surface area contributed by atoms with E-state index in [-0.39, 0.29) is 24.4 Å². The van der Waals surface area contributed by atoms with Gasteiger partial charge in [-0.2, -0.15) is 0 Å². The van der Waals surface area contributed by atoms with Gasteiger partial charge in [0.25, 0.3) is 5.91 Å². The topological polar surface area (TPSA) is 58.1 Å². The van der Waals surface area contributed by atoms with Crippen molar-refractivity contribution in [1.82, 2.24) is 19.8 Å². The molecule has 5 nitrogen and oxygen atoms in total. The van der Waals surface area contributed by atoms with Crippen molar-refractivity contribution in [3.8, 4) is 0 Å². The van der Waals surface area contributed by atoms with Crippen LogP contribution in [0.5, 0.6) is 0 Å². The number of amides is 1. The number of hydrogen-bond donors (Lipinski definition) is 1. The SMILES string of the molecule is CC1CN(C(=O)c2csnn2)C(C)CN1.Cl. The minimum atomic E-state index is -0.00963. The highest BCUT2D eigenvalue weighted by Gasteiger charge is 2.28. The van der Waals surface area contributed by atoms with E-state index in [0.29, 0.717) is 11.7 Å². The first kappa shape index (κ1) is 13.3. The summed E-state index contributed by atoms with van der Waals surface area (Å²) in [7, 11) is 0. The Morgan fingerprint density at radius 2 is 2.38 bits per heavy atom. The third kappa shape index (κ3) is 2.69. The molecule has 0 aromatic carbocycles. The number of rotatable bonds is 1. The van der Waals surface area contributed by atoms with E-state index in [9.17, 15) is 4.79 Å². The lowest BCUT2D eigenvalue weighted by Gasteiger charge is -2.37. The van der Waals surface area contributed by atoms with Crippen LogP contribution < -0.4 is 5.32 Å². The normalized spacial score (nSPS) is 25.0. The quantitative estimate of drug-likeness (QED) is 0.813. The van der Waals surface area contributed by atoms with Gasteiger partial charge in [-0.05, 0) is 25.4 Å². The van der Waals surface area contributed by atoms with E-state index in [2.05, 4.69) is 21.8 Å². The molecule has 2 heterocycles. The van der Waals surface area contributed by atoms with Gasteiger partial charge in [0.05, 0.1) is 0 Å². The Kier molecular flexibility index (Phi) is 4.64. The molecule has 7 heteroatoms. The number of aromatic nitrogens is 2. The maximum absolute atomic E-state index is 12.0. The van der Waals surface area contributed by atoms with E-state index in [0.717, 1.165) is 13.1 Å². The summed E-state index contributed by atoms with van der Waals surface area (Å²) in [6, 6.07) is 0.562. The van der Waals surface area contributed by atoms with Crippen molar-refractivity contribution in [2.24, 2.45) is 0 Å². The Labute approximate surface area is 105 Å². The van der Waals surface area contributed by atoms with Gasteiger partial charge >= 0.3 is 0 Å². The van der Waals surface area contributed by atoms with Gasteiger partial charge in [0.2, 0.25) is 0 Å². The molecule has 0 saturated carbocycles. The highest BCUT2D eigenvalue weighted by atomic mass is 35.5. The minimum absolute atomic E-state index is 0. The summed E-state index contributed by atoms with van der Waals surface area (Å²) >= 11 is 1.21. The fraction of sp³-hybridized carbons (Fsp3) is 0.667. The van der Waals surface area contributed by atoms with Crippen LogP contribution in [0.15, 0.2) is 5.38 Å². The number of nitrogens with zero attached hydrogens (tertiary/aromatic N) is 3. The lowest BCUT2D eigenvalue weighted by Crippen LogP contribution is -2.56. The summed E-state index contributed by atoms with van der Waals surface area (Å²) in [4.78, 5) is 13.9. The van der Waals surface area contributed by atoms with E-state index in [1.54, 1.807) is 5.38 Å². The number of carbonyl (C=O) groups is 1. The molecule has 0 spiro atoms. The summed E-state index contributed by atoms with van der Waals surface area (Å²) in [5.74, 6) is -0.00963. The molecule has 0 radical (unpaired) electrons. The maximum Gasteiger partial charge on any atom is 0.275 e. The lowest BCUT2D eigenvalue weighted by molar-refractivity contribution is 0.0610. The van der Waals surface area contributed by atoms with Gasteiger partial charge in [-0.3, -0.25) is 4.79 Å². The molecule has 0 aliphatic carbocycles. The highest BCUT2D eigenvalue weighted by molar-refractivity contribution is 7.03. The molecule has 1 amide bonds. The molecule has 1 fully saturated rings. The molecule has 1 aromatic heterocycles. The van der Waals surface area contributed by atoms with Gasteiger partial charge in [0.15, 0.2) is 5.69 Å². The van der Waals surface area contributed by atoms with Crippen LogP contribution in [0, 0.1) is 0 Å². The van der Waals surface area contributed by atoms with E-state index in [4.69, 9.17) is 0 Å². The molecule has 1 N–H and O–H groups in total. The van der Waals surface area contributed by atoms with Gasteiger partial charge in [0.1, 0.15) is 0 Å². The zero-order valence-electron chi connectivity index (χ0n) is 9.21. The third-order valence-electron chi connectivity index (χ3n) is 2.60. The van der Waals surface area contributed by atoms with Crippen molar-refractivity contribution in [2.75, 3.05) is 13.1 Å². The molecule has 90 valence electrons. The molecule has 1 aromatic rings. The number of hydrogen-bond acceptors (Lipinski definition) is 5. The van der Waals surface area contributed by atoms with Gasteiger partial charge in [-0.15, -0.1) is 17.5 Å².